The van der Waals surface area contributed by atoms with Crippen molar-refractivity contribution in [2.75, 3.05) is 13.1 Å². The minimum atomic E-state index is -0.565. The van der Waals surface area contributed by atoms with E-state index in [9.17, 15) is 9.18 Å². The SMILES string of the molecule is CC1C(NC(=O)c2cnc(-c3cccnc3F)s2)C2CCN1CC2. The number of nitrogens with one attached hydrogen (secondary N) is 1. The highest BCUT2D eigenvalue weighted by molar-refractivity contribution is 7.16. The summed E-state index contributed by atoms with van der Waals surface area (Å²) in [7, 11) is 0. The Hall–Kier alpha value is -1.86. The van der Waals surface area contributed by atoms with E-state index in [1.807, 2.05) is 0 Å². The number of thiazole rings is 1. The Kier molecular flexibility index (Phi) is 4.05. The number of carbonyl (C=O) groups is 1. The van der Waals surface area contributed by atoms with E-state index in [-0.39, 0.29) is 11.9 Å². The smallest absolute Gasteiger partial charge is 0.263 e. The van der Waals surface area contributed by atoms with Crippen LogP contribution in [0.4, 0.5) is 4.39 Å². The number of halogens is 1. The minimum Gasteiger partial charge on any atom is -0.347 e. The number of hydrogen-bond donors (Lipinski definition) is 1. The lowest BCUT2D eigenvalue weighted by Gasteiger charge is -2.49. The quantitative estimate of drug-likeness (QED) is 0.868. The molecule has 0 aliphatic carbocycles. The third kappa shape index (κ3) is 2.71. The molecule has 126 valence electrons. The fourth-order valence-corrected chi connectivity index (χ4v) is 4.65. The van der Waals surface area contributed by atoms with Gasteiger partial charge in [-0.3, -0.25) is 9.69 Å². The molecule has 2 atom stereocenters. The van der Waals surface area contributed by atoms with Crippen LogP contribution in [0.15, 0.2) is 24.5 Å². The second-order valence-electron chi connectivity index (χ2n) is 6.48. The molecule has 3 fully saturated rings. The van der Waals surface area contributed by atoms with Crippen molar-refractivity contribution >= 4 is 17.2 Å². The summed E-state index contributed by atoms with van der Waals surface area (Å²) in [5, 5.41) is 3.66. The van der Waals surface area contributed by atoms with Crippen LogP contribution in [0.25, 0.3) is 10.6 Å². The molecule has 1 N–H and O–H groups in total. The van der Waals surface area contributed by atoms with Gasteiger partial charge in [-0.2, -0.15) is 4.39 Å². The van der Waals surface area contributed by atoms with Crippen LogP contribution in [-0.2, 0) is 0 Å². The average molecular weight is 346 g/mol. The molecule has 3 aliphatic rings. The summed E-state index contributed by atoms with van der Waals surface area (Å²) in [6.07, 6.45) is 5.21. The summed E-state index contributed by atoms with van der Waals surface area (Å²) in [6.45, 7) is 4.44. The summed E-state index contributed by atoms with van der Waals surface area (Å²) in [6, 6.07) is 3.83. The Bertz CT molecular complexity index is 755. The van der Waals surface area contributed by atoms with E-state index >= 15 is 0 Å². The van der Waals surface area contributed by atoms with Crippen molar-refractivity contribution < 1.29 is 9.18 Å². The minimum absolute atomic E-state index is 0.117. The van der Waals surface area contributed by atoms with Crippen LogP contribution >= 0.6 is 11.3 Å². The third-order valence-electron chi connectivity index (χ3n) is 5.19. The fourth-order valence-electron chi connectivity index (χ4n) is 3.82. The number of amides is 1. The van der Waals surface area contributed by atoms with Crippen LogP contribution in [0.5, 0.6) is 0 Å². The standard InChI is InChI=1S/C17H19FN4OS/c1-10-14(11-4-7-22(10)8-5-11)21-16(23)13-9-20-17(24-13)12-3-2-6-19-15(12)18/h2-3,6,9-11,14H,4-5,7-8H2,1H3,(H,21,23). The Morgan fingerprint density at radius 3 is 2.88 bits per heavy atom. The molecule has 2 unspecified atom stereocenters. The summed E-state index contributed by atoms with van der Waals surface area (Å²) >= 11 is 1.20. The molecule has 7 heteroatoms. The van der Waals surface area contributed by atoms with Gasteiger partial charge in [0.1, 0.15) is 9.88 Å². The van der Waals surface area contributed by atoms with E-state index in [4.69, 9.17) is 0 Å². The Morgan fingerprint density at radius 2 is 2.17 bits per heavy atom. The molecule has 3 saturated heterocycles. The maximum absolute atomic E-state index is 13.8. The van der Waals surface area contributed by atoms with Crippen molar-refractivity contribution in [2.24, 2.45) is 5.92 Å². The monoisotopic (exact) mass is 346 g/mol. The predicted octanol–water partition coefficient (Wildman–Crippen LogP) is 2.56. The molecule has 5 rings (SSSR count). The Morgan fingerprint density at radius 1 is 1.38 bits per heavy atom. The van der Waals surface area contributed by atoms with E-state index in [0.717, 1.165) is 25.9 Å². The van der Waals surface area contributed by atoms with Crippen LogP contribution in [0, 0.1) is 11.9 Å². The molecule has 2 aromatic rings. The molecule has 3 aliphatic heterocycles. The third-order valence-corrected chi connectivity index (χ3v) is 6.22. The second kappa shape index (κ2) is 6.22. The molecular formula is C17H19FN4OS. The normalized spacial score (nSPS) is 28.8. The van der Waals surface area contributed by atoms with Gasteiger partial charge < -0.3 is 5.32 Å². The maximum Gasteiger partial charge on any atom is 0.263 e. The lowest BCUT2D eigenvalue weighted by atomic mass is 9.79. The van der Waals surface area contributed by atoms with Gasteiger partial charge in [-0.15, -0.1) is 11.3 Å². The molecular weight excluding hydrogens is 327 g/mol. The van der Waals surface area contributed by atoms with Crippen molar-refractivity contribution in [3.63, 3.8) is 0 Å². The molecule has 24 heavy (non-hydrogen) atoms. The van der Waals surface area contributed by atoms with Gasteiger partial charge >= 0.3 is 0 Å². The summed E-state index contributed by atoms with van der Waals surface area (Å²) < 4.78 is 13.8. The van der Waals surface area contributed by atoms with Gasteiger partial charge in [-0.1, -0.05) is 0 Å². The molecule has 0 aromatic carbocycles. The van der Waals surface area contributed by atoms with Crippen molar-refractivity contribution in [1.29, 1.82) is 0 Å². The van der Waals surface area contributed by atoms with Crippen LogP contribution in [0.1, 0.15) is 29.4 Å². The molecule has 5 heterocycles. The lowest BCUT2D eigenvalue weighted by molar-refractivity contribution is 0.0218. The molecule has 0 spiro atoms. The van der Waals surface area contributed by atoms with E-state index in [0.29, 0.717) is 27.4 Å². The summed E-state index contributed by atoms with van der Waals surface area (Å²) in [5.41, 5.74) is 0.331. The van der Waals surface area contributed by atoms with Gasteiger partial charge in [0.25, 0.3) is 5.91 Å². The van der Waals surface area contributed by atoms with Crippen molar-refractivity contribution in [2.45, 2.75) is 31.8 Å². The number of pyridine rings is 1. The van der Waals surface area contributed by atoms with Crippen LogP contribution in [0.3, 0.4) is 0 Å². The molecule has 5 nitrogen and oxygen atoms in total. The molecule has 1 amide bonds. The molecule has 2 bridgehead atoms. The highest BCUT2D eigenvalue weighted by Gasteiger charge is 2.40. The van der Waals surface area contributed by atoms with Gasteiger partial charge in [0.2, 0.25) is 5.95 Å². The van der Waals surface area contributed by atoms with Gasteiger partial charge in [-0.05, 0) is 50.9 Å². The molecule has 0 saturated carbocycles. The number of nitrogens with zero attached hydrogens (tertiary/aromatic N) is 3. The van der Waals surface area contributed by atoms with E-state index in [1.54, 1.807) is 12.1 Å². The highest BCUT2D eigenvalue weighted by Crippen LogP contribution is 2.33. The number of carbonyl (C=O) groups excluding carboxylic acids is 1. The van der Waals surface area contributed by atoms with Crippen molar-refractivity contribution in [1.82, 2.24) is 20.2 Å². The predicted molar refractivity (Wildman–Crippen MR) is 90.3 cm³/mol. The van der Waals surface area contributed by atoms with Gasteiger partial charge in [0, 0.05) is 18.3 Å². The van der Waals surface area contributed by atoms with Crippen LogP contribution < -0.4 is 5.32 Å². The van der Waals surface area contributed by atoms with Gasteiger partial charge in [0.15, 0.2) is 0 Å². The number of rotatable bonds is 3. The fraction of sp³-hybridized carbons (Fsp3) is 0.471. The Labute approximate surface area is 143 Å². The van der Waals surface area contributed by atoms with Gasteiger partial charge in [0.05, 0.1) is 11.8 Å². The van der Waals surface area contributed by atoms with Crippen molar-refractivity contribution in [3.8, 4) is 10.6 Å². The van der Waals surface area contributed by atoms with Crippen LogP contribution in [0.2, 0.25) is 0 Å². The number of fused-ring (bicyclic) bond motifs is 3. The van der Waals surface area contributed by atoms with Gasteiger partial charge in [-0.25, -0.2) is 9.97 Å². The largest absolute Gasteiger partial charge is 0.347 e. The zero-order valence-corrected chi connectivity index (χ0v) is 14.2. The number of aromatic nitrogens is 2. The highest BCUT2D eigenvalue weighted by atomic mass is 32.1. The maximum atomic E-state index is 13.8. The lowest BCUT2D eigenvalue weighted by Crippen LogP contribution is -2.62. The first-order valence-corrected chi connectivity index (χ1v) is 9.07. The molecule has 0 radical (unpaired) electrons. The van der Waals surface area contributed by atoms with Crippen molar-refractivity contribution in [3.05, 3.63) is 35.4 Å². The van der Waals surface area contributed by atoms with Crippen LogP contribution in [-0.4, -0.2) is 45.9 Å². The number of piperidine rings is 3. The Balaban J connectivity index is 1.51. The zero-order valence-electron chi connectivity index (χ0n) is 13.4. The second-order valence-corrected chi connectivity index (χ2v) is 7.52. The first kappa shape index (κ1) is 15.7. The first-order valence-electron chi connectivity index (χ1n) is 8.25. The van der Waals surface area contributed by atoms with E-state index in [1.165, 1.54) is 23.7 Å². The zero-order chi connectivity index (χ0) is 16.7. The van der Waals surface area contributed by atoms with E-state index < -0.39 is 5.95 Å². The summed E-state index contributed by atoms with van der Waals surface area (Å²) in [4.78, 5) is 23.4. The number of hydrogen-bond acceptors (Lipinski definition) is 5. The first-order chi connectivity index (χ1) is 11.6. The van der Waals surface area contributed by atoms with E-state index in [2.05, 4.69) is 27.1 Å². The topological polar surface area (TPSA) is 58.1 Å². The average Bonchev–Trinajstić information content (AvgIpc) is 3.09. The molecule has 2 aromatic heterocycles. The summed E-state index contributed by atoms with van der Waals surface area (Å²) in [5.74, 6) is -0.129.